The van der Waals surface area contributed by atoms with Crippen LogP contribution in [-0.2, 0) is 4.74 Å². The van der Waals surface area contributed by atoms with Gasteiger partial charge in [-0.25, -0.2) is 9.78 Å². The third kappa shape index (κ3) is 3.47. The van der Waals surface area contributed by atoms with Crippen molar-refractivity contribution >= 4 is 17.6 Å². The van der Waals surface area contributed by atoms with Crippen molar-refractivity contribution in [3.63, 3.8) is 0 Å². The van der Waals surface area contributed by atoms with E-state index in [0.717, 1.165) is 31.0 Å². The standard InChI is InChI=1S/C18H21ClN2O3/c1-12(13-3-5-15(19)6-4-13)21-9-7-14(8-10-21)17-16(18(22)23-2)20-11-24-17/h3-6,11-12,14H,7-10H2,1-2H3. The lowest BCUT2D eigenvalue weighted by atomic mass is 9.91. The zero-order valence-electron chi connectivity index (χ0n) is 13.9. The zero-order chi connectivity index (χ0) is 17.1. The number of rotatable bonds is 4. The molecule has 0 bridgehead atoms. The molecule has 1 aliphatic rings. The highest BCUT2D eigenvalue weighted by Gasteiger charge is 2.30. The highest BCUT2D eigenvalue weighted by molar-refractivity contribution is 6.30. The second kappa shape index (κ2) is 7.36. The average molecular weight is 349 g/mol. The van der Waals surface area contributed by atoms with Crippen LogP contribution in [0.2, 0.25) is 5.02 Å². The number of nitrogens with zero attached hydrogens (tertiary/aromatic N) is 2. The largest absolute Gasteiger partial charge is 0.464 e. The summed E-state index contributed by atoms with van der Waals surface area (Å²) in [6.07, 6.45) is 3.18. The van der Waals surface area contributed by atoms with Crippen LogP contribution in [0, 0.1) is 0 Å². The minimum Gasteiger partial charge on any atom is -0.464 e. The van der Waals surface area contributed by atoms with E-state index in [9.17, 15) is 4.79 Å². The molecule has 2 heterocycles. The van der Waals surface area contributed by atoms with E-state index in [4.69, 9.17) is 20.8 Å². The number of hydrogen-bond acceptors (Lipinski definition) is 5. The monoisotopic (exact) mass is 348 g/mol. The Bertz CT molecular complexity index is 691. The van der Waals surface area contributed by atoms with Gasteiger partial charge in [0.15, 0.2) is 12.1 Å². The summed E-state index contributed by atoms with van der Waals surface area (Å²) in [5.41, 5.74) is 1.56. The summed E-state index contributed by atoms with van der Waals surface area (Å²) in [7, 11) is 1.36. The molecule has 0 aliphatic carbocycles. The van der Waals surface area contributed by atoms with Crippen LogP contribution in [0.3, 0.4) is 0 Å². The first-order chi connectivity index (χ1) is 11.6. The molecule has 0 N–H and O–H groups in total. The number of halogens is 1. The quantitative estimate of drug-likeness (QED) is 0.780. The predicted molar refractivity (Wildman–Crippen MR) is 91.3 cm³/mol. The van der Waals surface area contributed by atoms with Crippen LogP contribution in [-0.4, -0.2) is 36.1 Å². The third-order valence-electron chi connectivity index (χ3n) is 4.77. The second-order valence-corrected chi connectivity index (χ2v) is 6.53. The normalized spacial score (nSPS) is 17.6. The number of carbonyl (C=O) groups is 1. The molecule has 24 heavy (non-hydrogen) atoms. The molecule has 0 saturated carbocycles. The van der Waals surface area contributed by atoms with Crippen molar-refractivity contribution < 1.29 is 13.9 Å². The summed E-state index contributed by atoms with van der Waals surface area (Å²) in [6.45, 7) is 4.09. The smallest absolute Gasteiger partial charge is 0.360 e. The fourth-order valence-electron chi connectivity index (χ4n) is 3.30. The Labute approximate surface area is 146 Å². The minimum absolute atomic E-state index is 0.204. The number of ether oxygens (including phenoxy) is 1. The molecule has 5 nitrogen and oxygen atoms in total. The number of hydrogen-bond donors (Lipinski definition) is 0. The van der Waals surface area contributed by atoms with Gasteiger partial charge >= 0.3 is 5.97 Å². The maximum atomic E-state index is 11.8. The first-order valence-corrected chi connectivity index (χ1v) is 8.49. The van der Waals surface area contributed by atoms with Crippen molar-refractivity contribution in [3.8, 4) is 0 Å². The highest BCUT2D eigenvalue weighted by Crippen LogP contribution is 2.33. The maximum absolute atomic E-state index is 11.8. The van der Waals surface area contributed by atoms with Crippen molar-refractivity contribution in [2.45, 2.75) is 31.7 Å². The van der Waals surface area contributed by atoms with E-state index in [1.165, 1.54) is 19.1 Å². The molecule has 1 aromatic carbocycles. The van der Waals surface area contributed by atoms with Gasteiger partial charge in [-0.2, -0.15) is 0 Å². The Balaban J connectivity index is 1.65. The summed E-state index contributed by atoms with van der Waals surface area (Å²) in [5, 5.41) is 0.755. The number of benzene rings is 1. The van der Waals surface area contributed by atoms with Crippen molar-refractivity contribution in [3.05, 3.63) is 52.7 Å². The fraction of sp³-hybridized carbons (Fsp3) is 0.444. The molecule has 0 radical (unpaired) electrons. The molecule has 6 heteroatoms. The van der Waals surface area contributed by atoms with Gasteiger partial charge in [-0.1, -0.05) is 23.7 Å². The summed E-state index contributed by atoms with van der Waals surface area (Å²) in [5.74, 6) is 0.423. The summed E-state index contributed by atoms with van der Waals surface area (Å²) < 4.78 is 10.2. The van der Waals surface area contributed by atoms with E-state index in [-0.39, 0.29) is 5.92 Å². The van der Waals surface area contributed by atoms with Crippen molar-refractivity contribution in [1.82, 2.24) is 9.88 Å². The van der Waals surface area contributed by atoms with E-state index < -0.39 is 5.97 Å². The topological polar surface area (TPSA) is 55.6 Å². The Morgan fingerprint density at radius 3 is 2.62 bits per heavy atom. The number of aromatic nitrogens is 1. The zero-order valence-corrected chi connectivity index (χ0v) is 14.6. The van der Waals surface area contributed by atoms with Gasteiger partial charge in [0.2, 0.25) is 0 Å². The van der Waals surface area contributed by atoms with Crippen LogP contribution in [0.25, 0.3) is 0 Å². The summed E-state index contributed by atoms with van der Waals surface area (Å²) in [4.78, 5) is 18.2. The number of piperidine rings is 1. The lowest BCUT2D eigenvalue weighted by molar-refractivity contribution is 0.0589. The predicted octanol–water partition coefficient (Wildman–Crippen LogP) is 4.06. The SMILES string of the molecule is COC(=O)c1ncoc1C1CCN(C(C)c2ccc(Cl)cc2)CC1. The Kier molecular flexibility index (Phi) is 5.21. The molecule has 1 saturated heterocycles. The van der Waals surface area contributed by atoms with Gasteiger partial charge in [0, 0.05) is 17.0 Å². The van der Waals surface area contributed by atoms with Crippen molar-refractivity contribution in [1.29, 1.82) is 0 Å². The van der Waals surface area contributed by atoms with Crippen LogP contribution >= 0.6 is 11.6 Å². The summed E-state index contributed by atoms with van der Waals surface area (Å²) in [6, 6.07) is 8.34. The molecule has 1 atom stereocenters. The van der Waals surface area contributed by atoms with Crippen molar-refractivity contribution in [2.75, 3.05) is 20.2 Å². The van der Waals surface area contributed by atoms with E-state index >= 15 is 0 Å². The van der Waals surface area contributed by atoms with Gasteiger partial charge in [-0.05, 0) is 50.6 Å². The number of methoxy groups -OCH3 is 1. The molecular formula is C18H21ClN2O3. The van der Waals surface area contributed by atoms with Gasteiger partial charge in [0.25, 0.3) is 0 Å². The van der Waals surface area contributed by atoms with Crippen LogP contribution in [0.15, 0.2) is 35.1 Å². The number of esters is 1. The number of likely N-dealkylation sites (tertiary alicyclic amines) is 1. The lowest BCUT2D eigenvalue weighted by Gasteiger charge is -2.35. The molecule has 1 aromatic heterocycles. The van der Waals surface area contributed by atoms with E-state index in [0.29, 0.717) is 17.5 Å². The molecule has 1 aliphatic heterocycles. The lowest BCUT2D eigenvalue weighted by Crippen LogP contribution is -2.35. The Morgan fingerprint density at radius 1 is 1.33 bits per heavy atom. The van der Waals surface area contributed by atoms with Crippen molar-refractivity contribution in [2.24, 2.45) is 0 Å². The molecule has 1 unspecified atom stereocenters. The molecule has 3 rings (SSSR count). The molecule has 0 spiro atoms. The Hall–Kier alpha value is -1.85. The van der Waals surface area contributed by atoms with Gasteiger partial charge in [0.05, 0.1) is 7.11 Å². The van der Waals surface area contributed by atoms with E-state index in [2.05, 4.69) is 28.9 Å². The third-order valence-corrected chi connectivity index (χ3v) is 5.03. The first-order valence-electron chi connectivity index (χ1n) is 8.11. The van der Waals surface area contributed by atoms with Gasteiger partial charge in [-0.15, -0.1) is 0 Å². The molecular weight excluding hydrogens is 328 g/mol. The number of carbonyl (C=O) groups excluding carboxylic acids is 1. The van der Waals surface area contributed by atoms with Gasteiger partial charge in [0.1, 0.15) is 5.76 Å². The maximum Gasteiger partial charge on any atom is 0.360 e. The van der Waals surface area contributed by atoms with Crippen LogP contribution in [0.1, 0.15) is 53.5 Å². The van der Waals surface area contributed by atoms with Crippen LogP contribution in [0.5, 0.6) is 0 Å². The molecule has 1 fully saturated rings. The minimum atomic E-state index is -0.435. The molecule has 128 valence electrons. The highest BCUT2D eigenvalue weighted by atomic mass is 35.5. The molecule has 2 aromatic rings. The average Bonchev–Trinajstić information content (AvgIpc) is 3.11. The van der Waals surface area contributed by atoms with Gasteiger partial charge in [-0.3, -0.25) is 4.90 Å². The van der Waals surface area contributed by atoms with Crippen LogP contribution < -0.4 is 0 Å². The Morgan fingerprint density at radius 2 is 2.00 bits per heavy atom. The molecule has 0 amide bonds. The van der Waals surface area contributed by atoms with E-state index in [1.54, 1.807) is 0 Å². The van der Waals surface area contributed by atoms with Crippen LogP contribution in [0.4, 0.5) is 0 Å². The second-order valence-electron chi connectivity index (χ2n) is 6.09. The first kappa shape index (κ1) is 17.0. The fourth-order valence-corrected chi connectivity index (χ4v) is 3.42. The van der Waals surface area contributed by atoms with Gasteiger partial charge < -0.3 is 9.15 Å². The van der Waals surface area contributed by atoms with E-state index in [1.807, 2.05) is 12.1 Å². The summed E-state index contributed by atoms with van der Waals surface area (Å²) >= 11 is 5.96. The number of oxazole rings is 1.